The van der Waals surface area contributed by atoms with Crippen molar-refractivity contribution in [3.8, 4) is 0 Å². The quantitative estimate of drug-likeness (QED) is 0.665. The van der Waals surface area contributed by atoms with E-state index in [9.17, 15) is 22.5 Å². The van der Waals surface area contributed by atoms with Crippen molar-refractivity contribution in [2.24, 2.45) is 0 Å². The van der Waals surface area contributed by atoms with Crippen molar-refractivity contribution < 1.29 is 32.3 Å². The summed E-state index contributed by atoms with van der Waals surface area (Å²) in [5.74, 6) is -1.31. The maximum absolute atomic E-state index is 12.6. The summed E-state index contributed by atoms with van der Waals surface area (Å²) in [6.07, 6.45) is -6.10. The molecule has 0 saturated heterocycles. The van der Waals surface area contributed by atoms with Crippen molar-refractivity contribution in [1.82, 2.24) is 0 Å². The SMILES string of the molecule is O=C(CP(=O)(O)O)c1cc(Cl)ccc1C(F)(F)F. The van der Waals surface area contributed by atoms with E-state index in [0.29, 0.717) is 6.07 Å². The number of benzene rings is 1. The van der Waals surface area contributed by atoms with Crippen LogP contribution in [0.25, 0.3) is 0 Å². The van der Waals surface area contributed by atoms with Crippen molar-refractivity contribution in [3.63, 3.8) is 0 Å². The van der Waals surface area contributed by atoms with Crippen LogP contribution in [0.5, 0.6) is 0 Å². The molecule has 9 heteroatoms. The van der Waals surface area contributed by atoms with E-state index in [4.69, 9.17) is 21.4 Å². The van der Waals surface area contributed by atoms with Crippen molar-refractivity contribution >= 4 is 25.0 Å². The fourth-order valence-electron chi connectivity index (χ4n) is 1.27. The lowest BCUT2D eigenvalue weighted by molar-refractivity contribution is -0.137. The molecule has 4 nitrogen and oxygen atoms in total. The summed E-state index contributed by atoms with van der Waals surface area (Å²) in [6, 6.07) is 2.27. The summed E-state index contributed by atoms with van der Waals surface area (Å²) in [7, 11) is -4.73. The first-order valence-electron chi connectivity index (χ1n) is 4.45. The van der Waals surface area contributed by atoms with Crippen molar-refractivity contribution in [1.29, 1.82) is 0 Å². The summed E-state index contributed by atoms with van der Waals surface area (Å²) < 4.78 is 48.4. The number of halogens is 4. The largest absolute Gasteiger partial charge is 0.417 e. The molecule has 0 aliphatic carbocycles. The number of hydrogen-bond donors (Lipinski definition) is 2. The van der Waals surface area contributed by atoms with Gasteiger partial charge in [-0.15, -0.1) is 0 Å². The second-order valence-electron chi connectivity index (χ2n) is 3.43. The highest BCUT2D eigenvalue weighted by Crippen LogP contribution is 2.38. The first kappa shape index (κ1) is 15.2. The molecule has 0 fully saturated rings. The Morgan fingerprint density at radius 2 is 1.89 bits per heavy atom. The Hall–Kier alpha value is -0.880. The van der Waals surface area contributed by atoms with Crippen LogP contribution in [0.2, 0.25) is 5.02 Å². The van der Waals surface area contributed by atoms with Crippen molar-refractivity contribution in [2.75, 3.05) is 6.16 Å². The second-order valence-corrected chi connectivity index (χ2v) is 5.52. The zero-order chi connectivity index (χ0) is 14.1. The summed E-state index contributed by atoms with van der Waals surface area (Å²) in [4.78, 5) is 28.6. The van der Waals surface area contributed by atoms with Gasteiger partial charge in [0.2, 0.25) is 0 Å². The van der Waals surface area contributed by atoms with Gasteiger partial charge in [0.1, 0.15) is 6.16 Å². The highest BCUT2D eigenvalue weighted by molar-refractivity contribution is 7.52. The molecule has 0 unspecified atom stereocenters. The second kappa shape index (κ2) is 5.01. The fraction of sp³-hybridized carbons (Fsp3) is 0.222. The van der Waals surface area contributed by atoms with Crippen LogP contribution in [0.3, 0.4) is 0 Å². The Morgan fingerprint density at radius 3 is 2.33 bits per heavy atom. The smallest absolute Gasteiger partial charge is 0.324 e. The van der Waals surface area contributed by atoms with Gasteiger partial charge >= 0.3 is 13.8 Å². The molecule has 0 aromatic heterocycles. The van der Waals surface area contributed by atoms with Gasteiger partial charge in [0.05, 0.1) is 5.56 Å². The van der Waals surface area contributed by atoms with Crippen LogP contribution >= 0.6 is 19.2 Å². The Bertz CT molecular complexity index is 523. The maximum atomic E-state index is 12.6. The topological polar surface area (TPSA) is 74.6 Å². The van der Waals surface area contributed by atoms with Crippen LogP contribution < -0.4 is 0 Å². The molecular formula is C9H7ClF3O4P. The third kappa shape index (κ3) is 4.10. The van der Waals surface area contributed by atoms with E-state index in [1.165, 1.54) is 0 Å². The summed E-state index contributed by atoms with van der Waals surface area (Å²) in [6.45, 7) is 0. The van der Waals surface area contributed by atoms with Gasteiger partial charge in [-0.3, -0.25) is 9.36 Å². The molecule has 0 amide bonds. The molecule has 0 atom stereocenters. The van der Waals surface area contributed by atoms with E-state index < -0.39 is 36.8 Å². The van der Waals surface area contributed by atoms with Crippen LogP contribution in [0.15, 0.2) is 18.2 Å². The molecule has 0 spiro atoms. The third-order valence-corrected chi connectivity index (χ3v) is 2.87. The van der Waals surface area contributed by atoms with Crippen LogP contribution in [0, 0.1) is 0 Å². The predicted molar refractivity (Wildman–Crippen MR) is 57.7 cm³/mol. The molecule has 0 aliphatic heterocycles. The number of ketones is 1. The van der Waals surface area contributed by atoms with Crippen LogP contribution in [0.4, 0.5) is 13.2 Å². The van der Waals surface area contributed by atoms with Crippen molar-refractivity contribution in [3.05, 3.63) is 34.3 Å². The van der Waals surface area contributed by atoms with Crippen molar-refractivity contribution in [2.45, 2.75) is 6.18 Å². The molecule has 18 heavy (non-hydrogen) atoms. The third-order valence-electron chi connectivity index (χ3n) is 1.94. The predicted octanol–water partition coefficient (Wildman–Crippen LogP) is 2.72. The van der Waals surface area contributed by atoms with Gasteiger partial charge in [0.15, 0.2) is 5.78 Å². The van der Waals surface area contributed by atoms with Gasteiger partial charge in [-0.2, -0.15) is 13.2 Å². The van der Waals surface area contributed by atoms with Gasteiger partial charge in [-0.25, -0.2) is 0 Å². The average Bonchev–Trinajstić information content (AvgIpc) is 2.12. The lowest BCUT2D eigenvalue weighted by Gasteiger charge is -2.12. The average molecular weight is 303 g/mol. The number of hydrogen-bond acceptors (Lipinski definition) is 2. The van der Waals surface area contributed by atoms with E-state index in [0.717, 1.165) is 12.1 Å². The molecule has 0 aliphatic rings. The number of alkyl halides is 3. The van der Waals surface area contributed by atoms with Crippen LogP contribution in [0.1, 0.15) is 15.9 Å². The van der Waals surface area contributed by atoms with Gasteiger partial charge in [0, 0.05) is 10.6 Å². The molecule has 1 aromatic rings. The molecule has 0 bridgehead atoms. The van der Waals surface area contributed by atoms with Crippen LogP contribution in [-0.2, 0) is 10.7 Å². The molecule has 100 valence electrons. The number of carbonyl (C=O) groups excluding carboxylic acids is 1. The number of rotatable bonds is 3. The molecule has 1 aromatic carbocycles. The highest BCUT2D eigenvalue weighted by Gasteiger charge is 2.36. The minimum Gasteiger partial charge on any atom is -0.324 e. The van der Waals surface area contributed by atoms with E-state index in [1.807, 2.05) is 0 Å². The monoisotopic (exact) mass is 302 g/mol. The zero-order valence-electron chi connectivity index (χ0n) is 8.61. The lowest BCUT2D eigenvalue weighted by atomic mass is 10.0. The van der Waals surface area contributed by atoms with E-state index in [2.05, 4.69) is 0 Å². The molecule has 0 saturated carbocycles. The Balaban J connectivity index is 3.26. The standard InChI is InChI=1S/C9H7ClF3O4P/c10-5-1-2-7(9(11,12)13)6(3-5)8(14)4-18(15,16)17/h1-3H,4H2,(H2,15,16,17). The molecule has 1 rings (SSSR count). The van der Waals surface area contributed by atoms with E-state index >= 15 is 0 Å². The lowest BCUT2D eigenvalue weighted by Crippen LogP contribution is -2.15. The van der Waals surface area contributed by atoms with Gasteiger partial charge in [0.25, 0.3) is 0 Å². The minimum atomic E-state index is -4.80. The van der Waals surface area contributed by atoms with E-state index in [1.54, 1.807) is 0 Å². The Labute approximate surface area is 105 Å². The molecular weight excluding hydrogens is 296 g/mol. The highest BCUT2D eigenvalue weighted by atomic mass is 35.5. The minimum absolute atomic E-state index is 0.128. The molecule has 0 heterocycles. The molecule has 2 N–H and O–H groups in total. The summed E-state index contributed by atoms with van der Waals surface area (Å²) >= 11 is 5.47. The van der Waals surface area contributed by atoms with Gasteiger partial charge in [-0.1, -0.05) is 11.6 Å². The maximum Gasteiger partial charge on any atom is 0.417 e. The first-order valence-corrected chi connectivity index (χ1v) is 6.63. The van der Waals surface area contributed by atoms with Crippen LogP contribution in [-0.4, -0.2) is 21.7 Å². The van der Waals surface area contributed by atoms with Gasteiger partial charge < -0.3 is 9.79 Å². The first-order chi connectivity index (χ1) is 8.00. The zero-order valence-corrected chi connectivity index (χ0v) is 10.3. The summed E-state index contributed by atoms with van der Waals surface area (Å²) in [5.41, 5.74) is -2.12. The number of Topliss-reactive ketones (excluding diaryl/α,β-unsaturated/α-hetero) is 1. The normalized spacial score (nSPS) is 12.6. The Kier molecular flexibility index (Phi) is 4.23. The summed E-state index contributed by atoms with van der Waals surface area (Å²) in [5, 5.41) is -0.128. The fourth-order valence-corrected chi connectivity index (χ4v) is 1.98. The van der Waals surface area contributed by atoms with Gasteiger partial charge in [-0.05, 0) is 18.2 Å². The number of carbonyl (C=O) groups is 1. The Morgan fingerprint density at radius 1 is 1.33 bits per heavy atom. The molecule has 0 radical (unpaired) electrons. The van der Waals surface area contributed by atoms with E-state index in [-0.39, 0.29) is 5.02 Å².